The summed E-state index contributed by atoms with van der Waals surface area (Å²) in [6.45, 7) is 1.49. The number of amides is 3. The molecule has 2 bridgehead atoms. The number of carbonyl (C=O) groups is 2. The predicted molar refractivity (Wildman–Crippen MR) is 112 cm³/mol. The Kier molecular flexibility index (Phi) is 4.74. The molecule has 9 heteroatoms. The second-order valence-electron chi connectivity index (χ2n) is 8.04. The summed E-state index contributed by atoms with van der Waals surface area (Å²) in [4.78, 5) is 38.4. The van der Waals surface area contributed by atoms with Gasteiger partial charge < -0.3 is 15.3 Å². The molecular weight excluding hydrogens is 384 g/mol. The smallest absolute Gasteiger partial charge is 0.329 e. The molecule has 30 heavy (non-hydrogen) atoms. The molecule has 2 aliphatic heterocycles. The van der Waals surface area contributed by atoms with E-state index in [1.165, 1.54) is 0 Å². The second kappa shape index (κ2) is 7.56. The highest BCUT2D eigenvalue weighted by atomic mass is 16.3. The minimum absolute atomic E-state index is 0.0105. The van der Waals surface area contributed by atoms with Crippen molar-refractivity contribution in [2.45, 2.75) is 31.3 Å². The predicted octanol–water partition coefficient (Wildman–Crippen LogP) is 1.61. The number of rotatable bonds is 5. The van der Waals surface area contributed by atoms with Crippen LogP contribution in [0, 0.1) is 5.92 Å². The molecule has 2 aromatic heterocycles. The first kappa shape index (κ1) is 18.8. The number of aliphatic hydroxyl groups excluding tert-OH is 1. The maximum Gasteiger partial charge on any atom is 0.329 e. The average Bonchev–Trinajstić information content (AvgIpc) is 3.53. The van der Waals surface area contributed by atoms with Gasteiger partial charge in [-0.1, -0.05) is 6.07 Å². The SMILES string of the molecule is O=C(NC(CO)C1CC1)c1ccc2c(n1)N(C(=O)Nc1ccccn1)C1CCN2C1. The third kappa shape index (κ3) is 3.45. The first-order valence-corrected chi connectivity index (χ1v) is 10.3. The summed E-state index contributed by atoms with van der Waals surface area (Å²) in [5.74, 6) is 0.950. The van der Waals surface area contributed by atoms with Crippen LogP contribution in [0.2, 0.25) is 0 Å². The Morgan fingerprint density at radius 3 is 2.80 bits per heavy atom. The van der Waals surface area contributed by atoms with Gasteiger partial charge in [0.1, 0.15) is 11.5 Å². The molecule has 3 N–H and O–H groups in total. The molecule has 4 heterocycles. The van der Waals surface area contributed by atoms with E-state index in [-0.39, 0.29) is 36.3 Å². The van der Waals surface area contributed by atoms with Crippen LogP contribution in [0.4, 0.5) is 22.1 Å². The van der Waals surface area contributed by atoms with Crippen molar-refractivity contribution in [2.24, 2.45) is 5.92 Å². The van der Waals surface area contributed by atoms with E-state index in [9.17, 15) is 14.7 Å². The number of hydrogen-bond acceptors (Lipinski definition) is 6. The third-order valence-electron chi connectivity index (χ3n) is 6.01. The molecule has 1 saturated heterocycles. The zero-order chi connectivity index (χ0) is 20.7. The van der Waals surface area contributed by atoms with E-state index >= 15 is 0 Å². The molecule has 0 spiro atoms. The van der Waals surface area contributed by atoms with Crippen LogP contribution < -0.4 is 20.4 Å². The molecule has 1 saturated carbocycles. The van der Waals surface area contributed by atoms with Crippen molar-refractivity contribution in [2.75, 3.05) is 34.8 Å². The Labute approximate surface area is 174 Å². The van der Waals surface area contributed by atoms with Gasteiger partial charge in [-0.25, -0.2) is 14.8 Å². The van der Waals surface area contributed by atoms with Crippen molar-refractivity contribution in [3.05, 3.63) is 42.2 Å². The van der Waals surface area contributed by atoms with Crippen molar-refractivity contribution >= 4 is 29.3 Å². The third-order valence-corrected chi connectivity index (χ3v) is 6.01. The maximum atomic E-state index is 13.1. The topological polar surface area (TPSA) is 111 Å². The van der Waals surface area contributed by atoms with Gasteiger partial charge in [0.2, 0.25) is 0 Å². The van der Waals surface area contributed by atoms with E-state index in [0.717, 1.165) is 38.0 Å². The highest BCUT2D eigenvalue weighted by Crippen LogP contribution is 2.39. The molecule has 9 nitrogen and oxygen atoms in total. The highest BCUT2D eigenvalue weighted by molar-refractivity contribution is 6.05. The Morgan fingerprint density at radius 1 is 1.20 bits per heavy atom. The minimum atomic E-state index is -0.332. The van der Waals surface area contributed by atoms with Gasteiger partial charge in [0.05, 0.1) is 24.4 Å². The van der Waals surface area contributed by atoms with E-state index in [4.69, 9.17) is 0 Å². The van der Waals surface area contributed by atoms with Gasteiger partial charge >= 0.3 is 6.03 Å². The van der Waals surface area contributed by atoms with Crippen LogP contribution in [-0.2, 0) is 0 Å². The summed E-state index contributed by atoms with van der Waals surface area (Å²) in [6.07, 6.45) is 4.49. The van der Waals surface area contributed by atoms with Crippen LogP contribution in [-0.4, -0.2) is 58.8 Å². The number of nitrogens with one attached hydrogen (secondary N) is 2. The molecule has 156 valence electrons. The molecule has 0 aromatic carbocycles. The van der Waals surface area contributed by atoms with E-state index in [1.807, 2.05) is 12.1 Å². The van der Waals surface area contributed by atoms with E-state index in [0.29, 0.717) is 17.6 Å². The number of pyridine rings is 2. The molecule has 2 atom stereocenters. The Bertz CT molecular complexity index is 964. The number of anilines is 3. The van der Waals surface area contributed by atoms with Gasteiger partial charge in [0.25, 0.3) is 5.91 Å². The number of fused-ring (bicyclic) bond motifs is 4. The zero-order valence-electron chi connectivity index (χ0n) is 16.5. The number of aromatic nitrogens is 2. The lowest BCUT2D eigenvalue weighted by Crippen LogP contribution is -2.48. The summed E-state index contributed by atoms with van der Waals surface area (Å²) in [5.41, 5.74) is 1.09. The van der Waals surface area contributed by atoms with Crippen molar-refractivity contribution in [3.8, 4) is 0 Å². The first-order chi connectivity index (χ1) is 14.6. The summed E-state index contributed by atoms with van der Waals surface area (Å²) >= 11 is 0. The van der Waals surface area contributed by atoms with Gasteiger partial charge in [-0.05, 0) is 49.4 Å². The minimum Gasteiger partial charge on any atom is -0.394 e. The van der Waals surface area contributed by atoms with E-state index in [2.05, 4.69) is 25.5 Å². The van der Waals surface area contributed by atoms with Gasteiger partial charge in [-0.3, -0.25) is 15.0 Å². The molecule has 2 unspecified atom stereocenters. The zero-order valence-corrected chi connectivity index (χ0v) is 16.5. The monoisotopic (exact) mass is 408 g/mol. The molecule has 3 amide bonds. The number of carbonyl (C=O) groups excluding carboxylic acids is 2. The number of urea groups is 1. The molecule has 2 aromatic rings. The van der Waals surface area contributed by atoms with Crippen LogP contribution in [0.5, 0.6) is 0 Å². The van der Waals surface area contributed by atoms with E-state index < -0.39 is 0 Å². The van der Waals surface area contributed by atoms with Crippen LogP contribution >= 0.6 is 0 Å². The van der Waals surface area contributed by atoms with Crippen molar-refractivity contribution < 1.29 is 14.7 Å². The largest absolute Gasteiger partial charge is 0.394 e. The summed E-state index contributed by atoms with van der Waals surface area (Å²) in [6, 6.07) is 8.29. The van der Waals surface area contributed by atoms with Crippen molar-refractivity contribution in [1.29, 1.82) is 0 Å². The lowest BCUT2D eigenvalue weighted by atomic mass is 10.1. The number of nitrogens with zero attached hydrogens (tertiary/aromatic N) is 4. The summed E-state index contributed by atoms with van der Waals surface area (Å²) in [7, 11) is 0. The fourth-order valence-electron chi connectivity index (χ4n) is 4.26. The molecule has 0 radical (unpaired) electrons. The standard InChI is InChI=1S/C21H24N6O3/c28-12-16(13-4-5-13)24-20(29)15-6-7-17-19(23-15)27(14-8-10-26(17)11-14)21(30)25-18-3-1-2-9-22-18/h1-3,6-7,9,13-14,16,28H,4-5,8,10-12H2,(H,24,29)(H,22,25,30). The van der Waals surface area contributed by atoms with Gasteiger partial charge in [0.15, 0.2) is 5.82 Å². The molecule has 5 rings (SSSR count). The van der Waals surface area contributed by atoms with Crippen LogP contribution in [0.15, 0.2) is 36.5 Å². The number of hydrogen-bond donors (Lipinski definition) is 3. The molecule has 1 aliphatic carbocycles. The maximum absolute atomic E-state index is 13.1. The first-order valence-electron chi connectivity index (χ1n) is 10.3. The fourth-order valence-corrected chi connectivity index (χ4v) is 4.26. The van der Waals surface area contributed by atoms with Crippen molar-refractivity contribution in [3.63, 3.8) is 0 Å². The Hall–Kier alpha value is -3.20. The van der Waals surface area contributed by atoms with Crippen molar-refractivity contribution in [1.82, 2.24) is 15.3 Å². The van der Waals surface area contributed by atoms with Gasteiger partial charge in [-0.2, -0.15) is 0 Å². The molecule has 3 aliphatic rings. The van der Waals surface area contributed by atoms with E-state index in [1.54, 1.807) is 29.3 Å². The number of aliphatic hydroxyl groups is 1. The fraction of sp³-hybridized carbons (Fsp3) is 0.429. The summed E-state index contributed by atoms with van der Waals surface area (Å²) in [5, 5.41) is 15.3. The van der Waals surface area contributed by atoms with Crippen LogP contribution in [0.25, 0.3) is 0 Å². The van der Waals surface area contributed by atoms with Crippen LogP contribution in [0.3, 0.4) is 0 Å². The quantitative estimate of drug-likeness (QED) is 0.693. The Balaban J connectivity index is 1.42. The van der Waals surface area contributed by atoms with Gasteiger partial charge in [-0.15, -0.1) is 0 Å². The van der Waals surface area contributed by atoms with Gasteiger partial charge in [0, 0.05) is 19.3 Å². The highest BCUT2D eigenvalue weighted by Gasteiger charge is 2.41. The Morgan fingerprint density at radius 2 is 2.07 bits per heavy atom. The average molecular weight is 408 g/mol. The lowest BCUT2D eigenvalue weighted by molar-refractivity contribution is 0.0903. The second-order valence-corrected chi connectivity index (χ2v) is 8.04. The summed E-state index contributed by atoms with van der Waals surface area (Å²) < 4.78 is 0. The lowest BCUT2D eigenvalue weighted by Gasteiger charge is -2.35. The van der Waals surface area contributed by atoms with Crippen LogP contribution in [0.1, 0.15) is 29.8 Å². The molecule has 2 fully saturated rings. The normalized spacial score (nSPS) is 20.5. The molecular formula is C21H24N6O3.